The van der Waals surface area contributed by atoms with Crippen LogP contribution in [0, 0.1) is 0 Å². The number of fused-ring (bicyclic) bond motifs is 1. The highest BCUT2D eigenvalue weighted by molar-refractivity contribution is 7.89. The van der Waals surface area contributed by atoms with Gasteiger partial charge in [0.25, 0.3) is 5.91 Å². The topological polar surface area (TPSA) is 93.7 Å². The van der Waals surface area contributed by atoms with E-state index in [-0.39, 0.29) is 10.8 Å². The van der Waals surface area contributed by atoms with Gasteiger partial charge in [-0.3, -0.25) is 4.79 Å². The van der Waals surface area contributed by atoms with Crippen molar-refractivity contribution in [3.8, 4) is 5.75 Å². The molecule has 21 heavy (non-hydrogen) atoms. The number of rotatable bonds is 6. The Hall–Kier alpha value is -1.64. The molecule has 0 saturated heterocycles. The van der Waals surface area contributed by atoms with E-state index < -0.39 is 16.1 Å². The van der Waals surface area contributed by atoms with Gasteiger partial charge < -0.3 is 14.8 Å². The molecule has 2 rings (SSSR count). The van der Waals surface area contributed by atoms with Gasteiger partial charge in [0.15, 0.2) is 6.10 Å². The number of carbonyl (C=O) groups excluding carboxylic acids is 1. The van der Waals surface area contributed by atoms with Crippen LogP contribution in [-0.4, -0.2) is 40.7 Å². The number of nitrogens with one attached hydrogen (secondary N) is 2. The van der Waals surface area contributed by atoms with Crippen LogP contribution in [-0.2, 0) is 19.6 Å². The molecule has 1 aliphatic heterocycles. The first kappa shape index (κ1) is 15.7. The summed E-state index contributed by atoms with van der Waals surface area (Å²) in [5.74, 6) is 0.0951. The fourth-order valence-corrected chi connectivity index (χ4v) is 2.94. The summed E-state index contributed by atoms with van der Waals surface area (Å²) in [6, 6.07) is 4.35. The number of hydrogen-bond acceptors (Lipinski definition) is 5. The zero-order chi connectivity index (χ0) is 15.5. The third-order valence-electron chi connectivity index (χ3n) is 3.01. The first-order chi connectivity index (χ1) is 9.94. The van der Waals surface area contributed by atoms with Crippen LogP contribution in [0.1, 0.15) is 13.3 Å². The highest BCUT2D eigenvalue weighted by Gasteiger charge is 2.25. The lowest BCUT2D eigenvalue weighted by Gasteiger charge is -2.23. The van der Waals surface area contributed by atoms with Crippen molar-refractivity contribution in [2.75, 3.05) is 25.6 Å². The SMILES string of the molecule is COCCCNS(=O)(=O)c1ccc2c(c1)O[C@@H](C)C(=O)N2. The quantitative estimate of drug-likeness (QED) is 0.755. The van der Waals surface area contributed by atoms with E-state index in [0.29, 0.717) is 31.0 Å². The monoisotopic (exact) mass is 314 g/mol. The second kappa shape index (κ2) is 6.42. The Labute approximate surface area is 123 Å². The molecule has 1 aliphatic rings. The molecule has 2 N–H and O–H groups in total. The number of carbonyl (C=O) groups is 1. The predicted molar refractivity (Wildman–Crippen MR) is 76.8 cm³/mol. The van der Waals surface area contributed by atoms with Crippen LogP contribution in [0.5, 0.6) is 5.75 Å². The maximum atomic E-state index is 12.1. The molecule has 7 nitrogen and oxygen atoms in total. The summed E-state index contributed by atoms with van der Waals surface area (Å²) in [6.07, 6.45) is -0.0605. The van der Waals surface area contributed by atoms with Gasteiger partial charge >= 0.3 is 0 Å². The summed E-state index contributed by atoms with van der Waals surface area (Å²) in [4.78, 5) is 11.6. The van der Waals surface area contributed by atoms with Gasteiger partial charge in [-0.15, -0.1) is 0 Å². The average Bonchev–Trinajstić information content (AvgIpc) is 2.44. The minimum absolute atomic E-state index is 0.0991. The van der Waals surface area contributed by atoms with Crippen LogP contribution in [0.15, 0.2) is 23.1 Å². The van der Waals surface area contributed by atoms with Crippen molar-refractivity contribution in [3.63, 3.8) is 0 Å². The van der Waals surface area contributed by atoms with Crippen LogP contribution in [0.4, 0.5) is 5.69 Å². The standard InChI is InChI=1S/C13H18N2O5S/c1-9-13(16)15-11-5-4-10(8-12(11)20-9)21(17,18)14-6-3-7-19-2/h4-5,8-9,14H,3,6-7H2,1-2H3,(H,15,16)/t9-/m0/s1. The molecule has 0 unspecified atom stereocenters. The Bertz CT molecular complexity index is 629. The van der Waals surface area contributed by atoms with Crippen LogP contribution >= 0.6 is 0 Å². The molecule has 0 aliphatic carbocycles. The molecule has 1 aromatic rings. The van der Waals surface area contributed by atoms with Crippen LogP contribution in [0.25, 0.3) is 0 Å². The lowest BCUT2D eigenvalue weighted by atomic mass is 10.2. The van der Waals surface area contributed by atoms with E-state index in [1.54, 1.807) is 14.0 Å². The van der Waals surface area contributed by atoms with Crippen LogP contribution < -0.4 is 14.8 Å². The average molecular weight is 314 g/mol. The lowest BCUT2D eigenvalue weighted by molar-refractivity contribution is -0.122. The summed E-state index contributed by atoms with van der Waals surface area (Å²) in [5.41, 5.74) is 0.469. The van der Waals surface area contributed by atoms with Crippen molar-refractivity contribution in [2.45, 2.75) is 24.3 Å². The maximum Gasteiger partial charge on any atom is 0.265 e. The molecule has 0 bridgehead atoms. The third kappa shape index (κ3) is 3.72. The summed E-state index contributed by atoms with van der Waals surface area (Å²) >= 11 is 0. The molecule has 1 heterocycles. The molecule has 1 amide bonds. The van der Waals surface area contributed by atoms with Gasteiger partial charge in [0.2, 0.25) is 10.0 Å². The van der Waals surface area contributed by atoms with E-state index in [1.807, 2.05) is 0 Å². The van der Waals surface area contributed by atoms with E-state index in [1.165, 1.54) is 18.2 Å². The molecule has 0 fully saturated rings. The molecule has 1 atom stereocenters. The predicted octanol–water partition coefficient (Wildman–Crippen LogP) is 0.721. The minimum atomic E-state index is -3.60. The number of methoxy groups -OCH3 is 1. The first-order valence-electron chi connectivity index (χ1n) is 6.54. The Morgan fingerprint density at radius 3 is 2.90 bits per heavy atom. The molecule has 0 radical (unpaired) electrons. The number of ether oxygens (including phenoxy) is 2. The lowest BCUT2D eigenvalue weighted by Crippen LogP contribution is -2.34. The number of amides is 1. The van der Waals surface area contributed by atoms with Crippen LogP contribution in [0.2, 0.25) is 0 Å². The normalized spacial score (nSPS) is 17.8. The number of anilines is 1. The van der Waals surface area contributed by atoms with Crippen molar-refractivity contribution in [1.29, 1.82) is 0 Å². The maximum absolute atomic E-state index is 12.1. The molecule has 0 spiro atoms. The zero-order valence-corrected chi connectivity index (χ0v) is 12.7. The molecular weight excluding hydrogens is 296 g/mol. The fraction of sp³-hybridized carbons (Fsp3) is 0.462. The number of hydrogen-bond donors (Lipinski definition) is 2. The summed E-state index contributed by atoms with van der Waals surface area (Å²) in [7, 11) is -2.04. The summed E-state index contributed by atoms with van der Waals surface area (Å²) in [5, 5.41) is 2.65. The first-order valence-corrected chi connectivity index (χ1v) is 8.02. The molecule has 0 saturated carbocycles. The minimum Gasteiger partial charge on any atom is -0.479 e. The van der Waals surface area contributed by atoms with E-state index in [4.69, 9.17) is 9.47 Å². The van der Waals surface area contributed by atoms with Gasteiger partial charge in [-0.2, -0.15) is 0 Å². The van der Waals surface area contributed by atoms with Crippen molar-refractivity contribution in [3.05, 3.63) is 18.2 Å². The van der Waals surface area contributed by atoms with Crippen molar-refractivity contribution in [1.82, 2.24) is 4.72 Å². The highest BCUT2D eigenvalue weighted by atomic mass is 32.2. The zero-order valence-electron chi connectivity index (χ0n) is 11.9. The van der Waals surface area contributed by atoms with Gasteiger partial charge in [0.05, 0.1) is 10.6 Å². The van der Waals surface area contributed by atoms with E-state index in [9.17, 15) is 13.2 Å². The van der Waals surface area contributed by atoms with E-state index >= 15 is 0 Å². The summed E-state index contributed by atoms with van der Waals surface area (Å²) in [6.45, 7) is 2.38. The molecule has 1 aromatic carbocycles. The third-order valence-corrected chi connectivity index (χ3v) is 4.47. The largest absolute Gasteiger partial charge is 0.479 e. The van der Waals surface area contributed by atoms with Crippen molar-refractivity contribution < 1.29 is 22.7 Å². The number of sulfonamides is 1. The van der Waals surface area contributed by atoms with Gasteiger partial charge in [-0.25, -0.2) is 13.1 Å². The second-order valence-corrected chi connectivity index (χ2v) is 6.42. The molecule has 8 heteroatoms. The van der Waals surface area contributed by atoms with Gasteiger partial charge in [-0.05, 0) is 25.5 Å². The summed E-state index contributed by atoms with van der Waals surface area (Å²) < 4.78 is 37.0. The van der Waals surface area contributed by atoms with Gasteiger partial charge in [0, 0.05) is 26.3 Å². The highest BCUT2D eigenvalue weighted by Crippen LogP contribution is 2.31. The van der Waals surface area contributed by atoms with Gasteiger partial charge in [0.1, 0.15) is 5.75 Å². The van der Waals surface area contributed by atoms with E-state index in [2.05, 4.69) is 10.0 Å². The smallest absolute Gasteiger partial charge is 0.265 e. The Morgan fingerprint density at radius 1 is 1.43 bits per heavy atom. The second-order valence-electron chi connectivity index (χ2n) is 4.65. The molecular formula is C13H18N2O5S. The molecule has 116 valence electrons. The van der Waals surface area contributed by atoms with E-state index in [0.717, 1.165) is 0 Å². The van der Waals surface area contributed by atoms with Crippen molar-refractivity contribution in [2.24, 2.45) is 0 Å². The number of benzene rings is 1. The Kier molecular flexibility index (Phi) is 4.81. The van der Waals surface area contributed by atoms with Crippen molar-refractivity contribution >= 4 is 21.6 Å². The molecule has 0 aromatic heterocycles. The Morgan fingerprint density at radius 2 is 2.19 bits per heavy atom. The Balaban J connectivity index is 2.14. The van der Waals surface area contributed by atoms with Gasteiger partial charge in [-0.1, -0.05) is 0 Å². The van der Waals surface area contributed by atoms with Crippen LogP contribution in [0.3, 0.4) is 0 Å². The fourth-order valence-electron chi connectivity index (χ4n) is 1.86.